The maximum absolute atomic E-state index is 10.2. The van der Waals surface area contributed by atoms with Crippen LogP contribution in [0.4, 0.5) is 0 Å². The van der Waals surface area contributed by atoms with Gasteiger partial charge in [-0.3, -0.25) is 0 Å². The highest BCUT2D eigenvalue weighted by molar-refractivity contribution is 7.07. The van der Waals surface area contributed by atoms with Crippen LogP contribution in [-0.4, -0.2) is 17.7 Å². The van der Waals surface area contributed by atoms with Gasteiger partial charge in [0, 0.05) is 12.6 Å². The Balaban J connectivity index is 1.81. The minimum absolute atomic E-state index is 0.369. The van der Waals surface area contributed by atoms with Crippen molar-refractivity contribution in [1.82, 2.24) is 5.32 Å². The summed E-state index contributed by atoms with van der Waals surface area (Å²) in [6.45, 7) is 4.79. The normalized spacial score (nSPS) is 14.3. The average molecular weight is 275 g/mol. The molecule has 0 spiro atoms. The van der Waals surface area contributed by atoms with Crippen molar-refractivity contribution in [3.05, 3.63) is 57.8 Å². The summed E-state index contributed by atoms with van der Waals surface area (Å²) in [5, 5.41) is 17.8. The van der Waals surface area contributed by atoms with Crippen LogP contribution >= 0.6 is 11.3 Å². The molecule has 2 atom stereocenters. The highest BCUT2D eigenvalue weighted by atomic mass is 32.1. The Kier molecular flexibility index (Phi) is 5.14. The van der Waals surface area contributed by atoms with Gasteiger partial charge in [-0.05, 0) is 48.2 Å². The maximum Gasteiger partial charge on any atom is 0.0914 e. The van der Waals surface area contributed by atoms with Crippen LogP contribution in [0, 0.1) is 6.92 Å². The third-order valence-electron chi connectivity index (χ3n) is 3.21. The Morgan fingerprint density at radius 2 is 2.16 bits per heavy atom. The van der Waals surface area contributed by atoms with Crippen LogP contribution in [0.15, 0.2) is 41.1 Å². The molecular formula is C16H21NOS. The largest absolute Gasteiger partial charge is 0.387 e. The summed E-state index contributed by atoms with van der Waals surface area (Å²) in [6, 6.07) is 10.6. The first-order chi connectivity index (χ1) is 9.15. The molecule has 2 rings (SSSR count). The molecule has 0 saturated heterocycles. The zero-order valence-corrected chi connectivity index (χ0v) is 12.3. The maximum atomic E-state index is 10.2. The summed E-state index contributed by atoms with van der Waals surface area (Å²) in [5.41, 5.74) is 3.52. The van der Waals surface area contributed by atoms with Gasteiger partial charge in [0.2, 0.25) is 0 Å². The average Bonchev–Trinajstić information content (AvgIpc) is 2.88. The number of hydrogen-bond acceptors (Lipinski definition) is 3. The van der Waals surface area contributed by atoms with Gasteiger partial charge in [0.25, 0.3) is 0 Å². The molecule has 2 nitrogen and oxygen atoms in total. The van der Waals surface area contributed by atoms with Crippen molar-refractivity contribution in [3.8, 4) is 0 Å². The summed E-state index contributed by atoms with van der Waals surface area (Å²) < 4.78 is 0. The van der Waals surface area contributed by atoms with Gasteiger partial charge in [-0.25, -0.2) is 0 Å². The van der Waals surface area contributed by atoms with Gasteiger partial charge in [-0.2, -0.15) is 11.3 Å². The molecule has 0 aliphatic carbocycles. The second-order valence-corrected chi connectivity index (χ2v) is 5.85. The molecule has 2 N–H and O–H groups in total. The molecule has 3 heteroatoms. The SMILES string of the molecule is Cc1cccc(C(O)CNC(C)Cc2ccsc2)c1. The summed E-state index contributed by atoms with van der Waals surface area (Å²) in [5.74, 6) is 0. The number of thiophene rings is 1. The highest BCUT2D eigenvalue weighted by Gasteiger charge is 2.10. The van der Waals surface area contributed by atoms with Crippen LogP contribution in [0.5, 0.6) is 0 Å². The van der Waals surface area contributed by atoms with Crippen LogP contribution in [0.1, 0.15) is 29.7 Å². The molecule has 0 radical (unpaired) electrons. The monoisotopic (exact) mass is 275 g/mol. The molecular weight excluding hydrogens is 254 g/mol. The number of aliphatic hydroxyl groups is 1. The lowest BCUT2D eigenvalue weighted by Gasteiger charge is -2.17. The number of aliphatic hydroxyl groups excluding tert-OH is 1. The fourth-order valence-electron chi connectivity index (χ4n) is 2.14. The molecule has 0 fully saturated rings. The topological polar surface area (TPSA) is 32.3 Å². The van der Waals surface area contributed by atoms with E-state index in [1.807, 2.05) is 31.2 Å². The third kappa shape index (κ3) is 4.46. The molecule has 2 aromatic rings. The summed E-state index contributed by atoms with van der Waals surface area (Å²) >= 11 is 1.73. The van der Waals surface area contributed by atoms with E-state index >= 15 is 0 Å². The first kappa shape index (κ1) is 14.3. The van der Waals surface area contributed by atoms with E-state index in [-0.39, 0.29) is 0 Å². The van der Waals surface area contributed by atoms with E-state index in [9.17, 15) is 5.11 Å². The number of nitrogens with one attached hydrogen (secondary N) is 1. The van der Waals surface area contributed by atoms with E-state index in [1.54, 1.807) is 11.3 Å². The van der Waals surface area contributed by atoms with Gasteiger partial charge < -0.3 is 10.4 Å². The van der Waals surface area contributed by atoms with Gasteiger partial charge in [0.15, 0.2) is 0 Å². The van der Waals surface area contributed by atoms with Gasteiger partial charge >= 0.3 is 0 Å². The third-order valence-corrected chi connectivity index (χ3v) is 3.94. The number of benzene rings is 1. The van der Waals surface area contributed by atoms with Crippen LogP contribution in [-0.2, 0) is 6.42 Å². The standard InChI is InChI=1S/C16H21NOS/c1-12-4-3-5-15(8-12)16(18)10-17-13(2)9-14-6-7-19-11-14/h3-8,11,13,16-18H,9-10H2,1-2H3. The van der Waals surface area contributed by atoms with E-state index in [1.165, 1.54) is 11.1 Å². The lowest BCUT2D eigenvalue weighted by molar-refractivity contribution is 0.170. The van der Waals surface area contributed by atoms with Crippen LogP contribution < -0.4 is 5.32 Å². The molecule has 1 heterocycles. The van der Waals surface area contributed by atoms with Crippen LogP contribution in [0.2, 0.25) is 0 Å². The Bertz CT molecular complexity index is 495. The second kappa shape index (κ2) is 6.85. The van der Waals surface area contributed by atoms with Gasteiger partial charge in [-0.1, -0.05) is 29.8 Å². The first-order valence-electron chi connectivity index (χ1n) is 6.64. The fraction of sp³-hybridized carbons (Fsp3) is 0.375. The van der Waals surface area contributed by atoms with Crippen molar-refractivity contribution >= 4 is 11.3 Å². The molecule has 0 bridgehead atoms. The van der Waals surface area contributed by atoms with E-state index < -0.39 is 6.10 Å². The van der Waals surface area contributed by atoms with Crippen molar-refractivity contribution < 1.29 is 5.11 Å². The molecule has 0 saturated carbocycles. The lowest BCUT2D eigenvalue weighted by Crippen LogP contribution is -2.31. The molecule has 1 aromatic carbocycles. The smallest absolute Gasteiger partial charge is 0.0914 e. The Labute approximate surface area is 119 Å². The van der Waals surface area contributed by atoms with E-state index in [2.05, 4.69) is 29.1 Å². The van der Waals surface area contributed by atoms with Gasteiger partial charge in [-0.15, -0.1) is 0 Å². The lowest BCUT2D eigenvalue weighted by atomic mass is 10.1. The Hall–Kier alpha value is -1.16. The summed E-state index contributed by atoms with van der Waals surface area (Å²) in [6.07, 6.45) is 0.564. The highest BCUT2D eigenvalue weighted by Crippen LogP contribution is 2.14. The van der Waals surface area contributed by atoms with Crippen molar-refractivity contribution in [2.45, 2.75) is 32.4 Å². The second-order valence-electron chi connectivity index (χ2n) is 5.07. The molecule has 0 aliphatic rings. The molecule has 102 valence electrons. The van der Waals surface area contributed by atoms with Crippen molar-refractivity contribution in [1.29, 1.82) is 0 Å². The van der Waals surface area contributed by atoms with Crippen molar-refractivity contribution in [2.24, 2.45) is 0 Å². The predicted molar refractivity (Wildman–Crippen MR) is 81.6 cm³/mol. The Morgan fingerprint density at radius 3 is 2.84 bits per heavy atom. The van der Waals surface area contributed by atoms with E-state index in [0.717, 1.165) is 12.0 Å². The number of hydrogen-bond donors (Lipinski definition) is 2. The number of rotatable bonds is 6. The first-order valence-corrected chi connectivity index (χ1v) is 7.58. The number of aryl methyl sites for hydroxylation is 1. The quantitative estimate of drug-likeness (QED) is 0.847. The van der Waals surface area contributed by atoms with Gasteiger partial charge in [0.1, 0.15) is 0 Å². The van der Waals surface area contributed by atoms with E-state index in [0.29, 0.717) is 12.6 Å². The van der Waals surface area contributed by atoms with Gasteiger partial charge in [0.05, 0.1) is 6.10 Å². The Morgan fingerprint density at radius 1 is 1.32 bits per heavy atom. The summed E-state index contributed by atoms with van der Waals surface area (Å²) in [4.78, 5) is 0. The minimum atomic E-state index is -0.440. The minimum Gasteiger partial charge on any atom is -0.387 e. The summed E-state index contributed by atoms with van der Waals surface area (Å²) in [7, 11) is 0. The molecule has 2 unspecified atom stereocenters. The zero-order chi connectivity index (χ0) is 13.7. The predicted octanol–water partition coefficient (Wildman–Crippen LogP) is 3.31. The molecule has 0 aliphatic heterocycles. The van der Waals surface area contributed by atoms with E-state index in [4.69, 9.17) is 0 Å². The van der Waals surface area contributed by atoms with Crippen LogP contribution in [0.25, 0.3) is 0 Å². The zero-order valence-electron chi connectivity index (χ0n) is 11.5. The molecule has 0 amide bonds. The fourth-order valence-corrected chi connectivity index (χ4v) is 2.82. The van der Waals surface area contributed by atoms with Crippen molar-refractivity contribution in [2.75, 3.05) is 6.54 Å². The van der Waals surface area contributed by atoms with Crippen molar-refractivity contribution in [3.63, 3.8) is 0 Å². The van der Waals surface area contributed by atoms with Crippen LogP contribution in [0.3, 0.4) is 0 Å². The molecule has 1 aromatic heterocycles. The molecule has 19 heavy (non-hydrogen) atoms.